The van der Waals surface area contributed by atoms with Crippen molar-refractivity contribution in [3.8, 4) is 0 Å². The third kappa shape index (κ3) is 3.81. The van der Waals surface area contributed by atoms with Gasteiger partial charge >= 0.3 is 0 Å². The Bertz CT molecular complexity index is 313. The molecule has 2 N–H and O–H groups in total. The number of rotatable bonds is 4. The molecule has 76 valence electrons. The molecule has 0 spiro atoms. The highest BCUT2D eigenvalue weighted by Gasteiger charge is 2.02. The third-order valence-electron chi connectivity index (χ3n) is 1.59. The molecule has 0 aliphatic carbocycles. The minimum absolute atomic E-state index is 0.0187. The van der Waals surface area contributed by atoms with Crippen LogP contribution in [0.5, 0.6) is 0 Å². The first-order chi connectivity index (χ1) is 6.52. The van der Waals surface area contributed by atoms with Crippen LogP contribution in [0.2, 0.25) is 0 Å². The highest BCUT2D eigenvalue weighted by atomic mass is 16.3. The van der Waals surface area contributed by atoms with Crippen LogP contribution in [0.15, 0.2) is 60.1 Å². The summed E-state index contributed by atoms with van der Waals surface area (Å²) in [5, 5.41) is 18.8. The molecule has 0 fully saturated rings. The Kier molecular flexibility index (Phi) is 5.15. The van der Waals surface area contributed by atoms with Gasteiger partial charge in [-0.25, -0.2) is 0 Å². The Labute approximate surface area is 84.9 Å². The standard InChI is InChI=1S/C12H16O2/c1-5-7-12(14)11(9(3)4)8-10(13)6-2/h5-8,13-14H,1-2H2,3-4H3/b10-8+,12-7+. The second kappa shape index (κ2) is 5.86. The van der Waals surface area contributed by atoms with Crippen LogP contribution in [0.1, 0.15) is 13.8 Å². The van der Waals surface area contributed by atoms with E-state index in [2.05, 4.69) is 13.2 Å². The predicted molar refractivity (Wildman–Crippen MR) is 60.2 cm³/mol. The molecule has 0 atom stereocenters. The summed E-state index contributed by atoms with van der Waals surface area (Å²) in [5.74, 6) is 0.0959. The topological polar surface area (TPSA) is 40.5 Å². The van der Waals surface area contributed by atoms with Gasteiger partial charge in [-0.2, -0.15) is 0 Å². The first-order valence-corrected chi connectivity index (χ1v) is 4.25. The molecular weight excluding hydrogens is 176 g/mol. The van der Waals surface area contributed by atoms with Crippen molar-refractivity contribution in [2.75, 3.05) is 0 Å². The molecule has 14 heavy (non-hydrogen) atoms. The van der Waals surface area contributed by atoms with Crippen molar-refractivity contribution in [3.05, 3.63) is 60.1 Å². The summed E-state index contributed by atoms with van der Waals surface area (Å²) < 4.78 is 0. The van der Waals surface area contributed by atoms with Crippen molar-refractivity contribution in [1.82, 2.24) is 0 Å². The summed E-state index contributed by atoms with van der Waals surface area (Å²) in [4.78, 5) is 0. The zero-order valence-corrected chi connectivity index (χ0v) is 8.62. The van der Waals surface area contributed by atoms with Crippen LogP contribution in [0.4, 0.5) is 0 Å². The van der Waals surface area contributed by atoms with Crippen LogP contribution < -0.4 is 0 Å². The second-order valence-corrected chi connectivity index (χ2v) is 2.97. The number of hydrogen-bond acceptors (Lipinski definition) is 2. The molecule has 0 unspecified atom stereocenters. The Morgan fingerprint density at radius 2 is 1.71 bits per heavy atom. The fourth-order valence-electron chi connectivity index (χ4n) is 0.883. The highest BCUT2D eigenvalue weighted by Crippen LogP contribution is 2.15. The van der Waals surface area contributed by atoms with Crippen LogP contribution in [0.3, 0.4) is 0 Å². The van der Waals surface area contributed by atoms with Gasteiger partial charge in [0.1, 0.15) is 11.5 Å². The normalized spacial score (nSPS) is 12.1. The highest BCUT2D eigenvalue weighted by molar-refractivity contribution is 5.41. The fraction of sp³-hybridized carbons (Fsp3) is 0.167. The summed E-state index contributed by atoms with van der Waals surface area (Å²) in [5.41, 5.74) is 1.47. The van der Waals surface area contributed by atoms with Crippen molar-refractivity contribution in [3.63, 3.8) is 0 Å². The van der Waals surface area contributed by atoms with E-state index in [1.54, 1.807) is 0 Å². The molecule has 0 bridgehead atoms. The van der Waals surface area contributed by atoms with E-state index in [4.69, 9.17) is 0 Å². The fourth-order valence-corrected chi connectivity index (χ4v) is 0.883. The lowest BCUT2D eigenvalue weighted by Crippen LogP contribution is -1.90. The van der Waals surface area contributed by atoms with Crippen LogP contribution >= 0.6 is 0 Å². The second-order valence-electron chi connectivity index (χ2n) is 2.97. The van der Waals surface area contributed by atoms with Gasteiger partial charge in [-0.3, -0.25) is 0 Å². The molecule has 0 saturated carbocycles. The van der Waals surface area contributed by atoms with E-state index in [0.29, 0.717) is 5.57 Å². The SMILES string of the molecule is C=C/C=C(/O)C(/C=C(/O)C=C)=C(C)C. The smallest absolute Gasteiger partial charge is 0.122 e. The first kappa shape index (κ1) is 12.3. The molecule has 0 radical (unpaired) electrons. The van der Waals surface area contributed by atoms with Gasteiger partial charge < -0.3 is 10.2 Å². The lowest BCUT2D eigenvalue weighted by atomic mass is 10.1. The Morgan fingerprint density at radius 1 is 1.14 bits per heavy atom. The lowest BCUT2D eigenvalue weighted by molar-refractivity contribution is 0.416. The number of aliphatic hydroxyl groups is 2. The van der Waals surface area contributed by atoms with E-state index in [9.17, 15) is 10.2 Å². The van der Waals surface area contributed by atoms with E-state index in [1.165, 1.54) is 24.3 Å². The molecule has 0 aliphatic heterocycles. The summed E-state index contributed by atoms with van der Waals surface area (Å²) >= 11 is 0. The molecule has 0 rings (SSSR count). The molecule has 0 aromatic heterocycles. The molecule has 0 aromatic carbocycles. The van der Waals surface area contributed by atoms with Crippen LogP contribution in [0.25, 0.3) is 0 Å². The van der Waals surface area contributed by atoms with Crippen LogP contribution in [-0.2, 0) is 0 Å². The third-order valence-corrected chi connectivity index (χ3v) is 1.59. The van der Waals surface area contributed by atoms with Gasteiger partial charge in [0.2, 0.25) is 0 Å². The zero-order valence-electron chi connectivity index (χ0n) is 8.62. The Balaban J connectivity index is 5.21. The van der Waals surface area contributed by atoms with Crippen LogP contribution in [-0.4, -0.2) is 10.2 Å². The van der Waals surface area contributed by atoms with Crippen molar-refractivity contribution in [2.24, 2.45) is 0 Å². The minimum atomic E-state index is 0.0187. The average molecular weight is 192 g/mol. The average Bonchev–Trinajstić information content (AvgIpc) is 2.13. The van der Waals surface area contributed by atoms with Gasteiger partial charge in [-0.15, -0.1) is 0 Å². The number of aliphatic hydroxyl groups excluding tert-OH is 2. The summed E-state index contributed by atoms with van der Waals surface area (Å²) in [7, 11) is 0. The Morgan fingerprint density at radius 3 is 2.07 bits per heavy atom. The lowest BCUT2D eigenvalue weighted by Gasteiger charge is -2.04. The maximum atomic E-state index is 9.57. The molecule has 0 aliphatic rings. The molecular formula is C12H16O2. The van der Waals surface area contributed by atoms with Gasteiger partial charge in [0.25, 0.3) is 0 Å². The monoisotopic (exact) mass is 192 g/mol. The quantitative estimate of drug-likeness (QED) is 0.528. The van der Waals surface area contributed by atoms with Crippen molar-refractivity contribution in [2.45, 2.75) is 13.8 Å². The molecule has 2 heteroatoms. The molecule has 0 heterocycles. The van der Waals surface area contributed by atoms with Gasteiger partial charge in [0, 0.05) is 5.57 Å². The molecule has 2 nitrogen and oxygen atoms in total. The van der Waals surface area contributed by atoms with Gasteiger partial charge in [0.15, 0.2) is 0 Å². The van der Waals surface area contributed by atoms with E-state index >= 15 is 0 Å². The number of allylic oxidation sites excluding steroid dienone is 5. The van der Waals surface area contributed by atoms with Crippen molar-refractivity contribution >= 4 is 0 Å². The van der Waals surface area contributed by atoms with Gasteiger partial charge in [0.05, 0.1) is 0 Å². The maximum absolute atomic E-state index is 9.57. The van der Waals surface area contributed by atoms with Crippen molar-refractivity contribution < 1.29 is 10.2 Å². The van der Waals surface area contributed by atoms with Gasteiger partial charge in [-0.1, -0.05) is 24.8 Å². The van der Waals surface area contributed by atoms with E-state index < -0.39 is 0 Å². The molecule has 0 saturated heterocycles. The van der Waals surface area contributed by atoms with Crippen molar-refractivity contribution in [1.29, 1.82) is 0 Å². The summed E-state index contributed by atoms with van der Waals surface area (Å²) in [6.45, 7) is 10.6. The largest absolute Gasteiger partial charge is 0.508 e. The molecule has 0 aromatic rings. The first-order valence-electron chi connectivity index (χ1n) is 4.25. The summed E-state index contributed by atoms with van der Waals surface area (Å²) in [6, 6.07) is 0. The van der Waals surface area contributed by atoms with E-state index in [0.717, 1.165) is 5.57 Å². The van der Waals surface area contributed by atoms with Crippen LogP contribution in [0, 0.1) is 0 Å². The van der Waals surface area contributed by atoms with Gasteiger partial charge in [-0.05, 0) is 32.1 Å². The zero-order chi connectivity index (χ0) is 11.1. The number of hydrogen-bond donors (Lipinski definition) is 2. The maximum Gasteiger partial charge on any atom is 0.122 e. The predicted octanol–water partition coefficient (Wildman–Crippen LogP) is 3.58. The van der Waals surface area contributed by atoms with E-state index in [1.807, 2.05) is 13.8 Å². The molecule has 0 amide bonds. The summed E-state index contributed by atoms with van der Waals surface area (Å²) in [6.07, 6.45) is 5.72. The minimum Gasteiger partial charge on any atom is -0.508 e. The Hall–Kier alpha value is -1.70. The van der Waals surface area contributed by atoms with E-state index in [-0.39, 0.29) is 11.5 Å².